The van der Waals surface area contributed by atoms with Crippen LogP contribution in [0.25, 0.3) is 0 Å². The molecule has 0 bridgehead atoms. The first-order valence-electron chi connectivity index (χ1n) is 6.96. The number of urea groups is 1. The molecular formula is C15H21N3O2. The molecule has 1 fully saturated rings. The Kier molecular flexibility index (Phi) is 4.27. The smallest absolute Gasteiger partial charge is 0.322 e. The number of carbonyl (C=O) groups is 2. The molecule has 2 rings (SSSR count). The molecule has 3 N–H and O–H groups in total. The molecule has 0 saturated carbocycles. The van der Waals surface area contributed by atoms with Gasteiger partial charge in [-0.3, -0.25) is 4.79 Å². The Morgan fingerprint density at radius 1 is 1.30 bits per heavy atom. The van der Waals surface area contributed by atoms with Gasteiger partial charge in [-0.1, -0.05) is 26.0 Å². The fourth-order valence-corrected chi connectivity index (χ4v) is 2.45. The van der Waals surface area contributed by atoms with E-state index in [1.807, 2.05) is 24.3 Å². The molecule has 0 aromatic heterocycles. The fraction of sp³-hybridized carbons (Fsp3) is 0.467. The molecule has 5 nitrogen and oxygen atoms in total. The van der Waals surface area contributed by atoms with Crippen LogP contribution in [-0.4, -0.2) is 29.4 Å². The number of rotatable bonds is 3. The molecule has 0 spiro atoms. The van der Waals surface area contributed by atoms with E-state index in [1.54, 1.807) is 0 Å². The van der Waals surface area contributed by atoms with Crippen molar-refractivity contribution in [2.45, 2.75) is 38.6 Å². The lowest BCUT2D eigenvalue weighted by Crippen LogP contribution is -2.45. The maximum atomic E-state index is 12.2. The van der Waals surface area contributed by atoms with Crippen LogP contribution in [-0.2, 0) is 4.79 Å². The maximum Gasteiger partial charge on any atom is 0.322 e. The molecular weight excluding hydrogens is 254 g/mol. The van der Waals surface area contributed by atoms with Gasteiger partial charge >= 0.3 is 6.03 Å². The van der Waals surface area contributed by atoms with Crippen molar-refractivity contribution in [3.05, 3.63) is 29.8 Å². The van der Waals surface area contributed by atoms with Crippen molar-refractivity contribution in [3.8, 4) is 0 Å². The van der Waals surface area contributed by atoms with Crippen LogP contribution in [0, 0.1) is 0 Å². The van der Waals surface area contributed by atoms with Gasteiger partial charge in [0.05, 0.1) is 0 Å². The van der Waals surface area contributed by atoms with Gasteiger partial charge in [-0.25, -0.2) is 4.79 Å². The highest BCUT2D eigenvalue weighted by molar-refractivity contribution is 5.93. The second-order valence-corrected chi connectivity index (χ2v) is 5.46. The zero-order valence-corrected chi connectivity index (χ0v) is 11.9. The number of carbonyl (C=O) groups excluding carboxylic acids is 2. The number of anilines is 1. The molecule has 3 amide bonds. The molecule has 5 heteroatoms. The van der Waals surface area contributed by atoms with E-state index in [0.29, 0.717) is 18.9 Å². The topological polar surface area (TPSA) is 75.4 Å². The zero-order chi connectivity index (χ0) is 14.7. The van der Waals surface area contributed by atoms with Crippen LogP contribution in [0.1, 0.15) is 38.2 Å². The summed E-state index contributed by atoms with van der Waals surface area (Å²) in [5.74, 6) is 0.0189. The van der Waals surface area contributed by atoms with Gasteiger partial charge < -0.3 is 16.0 Å². The number of nitrogens with two attached hydrogens (primary N) is 1. The van der Waals surface area contributed by atoms with Crippen molar-refractivity contribution in [1.29, 1.82) is 0 Å². The van der Waals surface area contributed by atoms with Crippen LogP contribution in [0.4, 0.5) is 10.5 Å². The van der Waals surface area contributed by atoms with Gasteiger partial charge in [0, 0.05) is 12.2 Å². The number of nitrogens with zero attached hydrogens (tertiary/aromatic N) is 1. The second kappa shape index (κ2) is 5.94. The lowest BCUT2D eigenvalue weighted by molar-refractivity contribution is -0.121. The Morgan fingerprint density at radius 3 is 2.50 bits per heavy atom. The third kappa shape index (κ3) is 3.10. The first kappa shape index (κ1) is 14.4. The summed E-state index contributed by atoms with van der Waals surface area (Å²) in [6.45, 7) is 4.81. The van der Waals surface area contributed by atoms with Gasteiger partial charge in [-0.15, -0.1) is 0 Å². The minimum absolute atomic E-state index is 0.261. The van der Waals surface area contributed by atoms with Gasteiger partial charge in [0.2, 0.25) is 5.91 Å². The largest absolute Gasteiger partial charge is 0.368 e. The van der Waals surface area contributed by atoms with Crippen molar-refractivity contribution in [2.24, 2.45) is 5.73 Å². The van der Waals surface area contributed by atoms with Crippen LogP contribution in [0.15, 0.2) is 24.3 Å². The molecule has 1 aromatic rings. The van der Waals surface area contributed by atoms with Crippen molar-refractivity contribution < 1.29 is 9.59 Å². The van der Waals surface area contributed by atoms with E-state index in [-0.39, 0.29) is 6.03 Å². The summed E-state index contributed by atoms with van der Waals surface area (Å²) in [5, 5.41) is 2.81. The summed E-state index contributed by atoms with van der Waals surface area (Å²) in [6.07, 6.45) is 1.46. The summed E-state index contributed by atoms with van der Waals surface area (Å²) in [6, 6.07) is 7.00. The van der Waals surface area contributed by atoms with E-state index in [0.717, 1.165) is 12.1 Å². The molecule has 1 atom stereocenters. The minimum atomic E-state index is -0.482. The third-order valence-corrected chi connectivity index (χ3v) is 3.67. The van der Waals surface area contributed by atoms with Gasteiger partial charge in [0.1, 0.15) is 6.04 Å². The number of likely N-dealkylation sites (tertiary alicyclic amines) is 1. The van der Waals surface area contributed by atoms with Crippen LogP contribution in [0.3, 0.4) is 0 Å². The summed E-state index contributed by atoms with van der Waals surface area (Å²) in [5.41, 5.74) is 7.26. The molecule has 1 saturated heterocycles. The van der Waals surface area contributed by atoms with Crippen LogP contribution in [0.5, 0.6) is 0 Å². The number of hydrogen-bond donors (Lipinski definition) is 2. The Bertz CT molecular complexity index is 496. The predicted octanol–water partition coefficient (Wildman–Crippen LogP) is 2.29. The molecule has 108 valence electrons. The predicted molar refractivity (Wildman–Crippen MR) is 78.5 cm³/mol. The van der Waals surface area contributed by atoms with Crippen LogP contribution in [0.2, 0.25) is 0 Å². The van der Waals surface area contributed by atoms with Gasteiger partial charge in [0.25, 0.3) is 0 Å². The Hall–Kier alpha value is -2.04. The zero-order valence-electron chi connectivity index (χ0n) is 11.9. The number of nitrogens with one attached hydrogen (secondary N) is 1. The second-order valence-electron chi connectivity index (χ2n) is 5.46. The quantitative estimate of drug-likeness (QED) is 0.888. The molecule has 0 aliphatic carbocycles. The molecule has 0 radical (unpaired) electrons. The normalized spacial score (nSPS) is 18.4. The van der Waals surface area contributed by atoms with E-state index in [9.17, 15) is 9.59 Å². The SMILES string of the molecule is CC(C)c1ccc(NC(=O)N2CCC[C@H]2C(N)=O)cc1. The van der Waals surface area contributed by atoms with Crippen molar-refractivity contribution in [1.82, 2.24) is 4.90 Å². The van der Waals surface area contributed by atoms with Crippen molar-refractivity contribution in [2.75, 3.05) is 11.9 Å². The Labute approximate surface area is 119 Å². The fourth-order valence-electron chi connectivity index (χ4n) is 2.45. The first-order valence-corrected chi connectivity index (χ1v) is 6.96. The van der Waals surface area contributed by atoms with Crippen molar-refractivity contribution >= 4 is 17.6 Å². The molecule has 1 heterocycles. The molecule has 1 aromatic carbocycles. The molecule has 0 unspecified atom stereocenters. The molecule has 1 aliphatic rings. The van der Waals surface area contributed by atoms with E-state index in [1.165, 1.54) is 10.5 Å². The third-order valence-electron chi connectivity index (χ3n) is 3.67. The summed E-state index contributed by atoms with van der Waals surface area (Å²) in [7, 11) is 0. The monoisotopic (exact) mass is 275 g/mol. The summed E-state index contributed by atoms with van der Waals surface area (Å²) >= 11 is 0. The van der Waals surface area contributed by atoms with Crippen molar-refractivity contribution in [3.63, 3.8) is 0 Å². The lowest BCUT2D eigenvalue weighted by Gasteiger charge is -2.22. The van der Waals surface area contributed by atoms with E-state index in [4.69, 9.17) is 5.73 Å². The van der Waals surface area contributed by atoms with E-state index >= 15 is 0 Å². The molecule has 20 heavy (non-hydrogen) atoms. The van der Waals surface area contributed by atoms with Gasteiger partial charge in [-0.05, 0) is 36.5 Å². The van der Waals surface area contributed by atoms with Gasteiger partial charge in [-0.2, -0.15) is 0 Å². The average molecular weight is 275 g/mol. The standard InChI is InChI=1S/C15H21N3O2/c1-10(2)11-5-7-12(8-6-11)17-15(20)18-9-3-4-13(18)14(16)19/h5-8,10,13H,3-4,9H2,1-2H3,(H2,16,19)(H,17,20)/t13-/m0/s1. The maximum absolute atomic E-state index is 12.2. The first-order chi connectivity index (χ1) is 9.49. The Balaban J connectivity index is 2.02. The number of primary amides is 1. The van der Waals surface area contributed by atoms with E-state index in [2.05, 4.69) is 19.2 Å². The van der Waals surface area contributed by atoms with Gasteiger partial charge in [0.15, 0.2) is 0 Å². The highest BCUT2D eigenvalue weighted by Crippen LogP contribution is 2.20. The number of hydrogen-bond acceptors (Lipinski definition) is 2. The number of benzene rings is 1. The minimum Gasteiger partial charge on any atom is -0.368 e. The highest BCUT2D eigenvalue weighted by atomic mass is 16.2. The van der Waals surface area contributed by atoms with E-state index < -0.39 is 11.9 Å². The average Bonchev–Trinajstić information content (AvgIpc) is 2.88. The molecule has 1 aliphatic heterocycles. The van der Waals surface area contributed by atoms with Crippen LogP contribution < -0.4 is 11.1 Å². The number of amides is 3. The lowest BCUT2D eigenvalue weighted by atomic mass is 10.0. The highest BCUT2D eigenvalue weighted by Gasteiger charge is 2.32. The van der Waals surface area contributed by atoms with Crippen LogP contribution >= 0.6 is 0 Å². The summed E-state index contributed by atoms with van der Waals surface area (Å²) in [4.78, 5) is 25.0. The Morgan fingerprint density at radius 2 is 1.95 bits per heavy atom. The summed E-state index contributed by atoms with van der Waals surface area (Å²) < 4.78 is 0.